The molecule has 0 amide bonds. The predicted octanol–water partition coefficient (Wildman–Crippen LogP) is 11.7. The summed E-state index contributed by atoms with van der Waals surface area (Å²) in [5, 5.41) is 0. The molecule has 0 unspecified atom stereocenters. The zero-order chi connectivity index (χ0) is 32.6. The lowest BCUT2D eigenvalue weighted by Crippen LogP contribution is -2.31. The van der Waals surface area contributed by atoms with Crippen molar-refractivity contribution in [1.82, 2.24) is 0 Å². The van der Waals surface area contributed by atoms with Crippen LogP contribution in [-0.2, 0) is 17.3 Å². The van der Waals surface area contributed by atoms with Crippen LogP contribution in [0, 0.1) is 29.3 Å². The minimum Gasteiger partial charge on any atom is -0.403 e. The molecule has 4 rings (SSSR count). The van der Waals surface area contributed by atoms with Crippen LogP contribution < -0.4 is 4.74 Å². The van der Waals surface area contributed by atoms with Crippen molar-refractivity contribution < 1.29 is 44.6 Å². The number of hydrogen-bond acceptors (Lipinski definition) is 2. The summed E-state index contributed by atoms with van der Waals surface area (Å²) in [6.07, 6.45) is 4.78. The minimum atomic E-state index is -4.96. The quantitative estimate of drug-likeness (QED) is 0.122. The molecular formula is C35H42F8O2. The van der Waals surface area contributed by atoms with Crippen molar-refractivity contribution in [3.8, 4) is 5.75 Å². The van der Waals surface area contributed by atoms with Gasteiger partial charge in [-0.15, -0.1) is 13.2 Å². The number of ether oxygens (including phenoxy) is 2. The van der Waals surface area contributed by atoms with Gasteiger partial charge in [0.1, 0.15) is 17.2 Å². The molecule has 2 aromatic carbocycles. The summed E-state index contributed by atoms with van der Waals surface area (Å²) in [5.41, 5.74) is -0.319. The maximum absolute atomic E-state index is 14.9. The van der Waals surface area contributed by atoms with E-state index in [0.717, 1.165) is 82.1 Å². The Labute approximate surface area is 260 Å². The number of halogens is 8. The summed E-state index contributed by atoms with van der Waals surface area (Å²) in [5.74, 6) is -3.94. The van der Waals surface area contributed by atoms with Crippen molar-refractivity contribution in [3.05, 3.63) is 76.6 Å². The Hall–Kier alpha value is -2.62. The molecule has 0 heterocycles. The predicted molar refractivity (Wildman–Crippen MR) is 156 cm³/mol. The first kappa shape index (κ1) is 35.2. The first-order valence-corrected chi connectivity index (χ1v) is 16.1. The molecule has 2 aromatic rings. The lowest BCUT2D eigenvalue weighted by molar-refractivity contribution is -0.280. The van der Waals surface area contributed by atoms with Crippen LogP contribution in [0.2, 0.25) is 0 Å². The summed E-state index contributed by atoms with van der Waals surface area (Å²) >= 11 is 0. The molecule has 2 aliphatic carbocycles. The number of aryl methyl sites for hydroxylation is 1. The first-order chi connectivity index (χ1) is 21.3. The van der Waals surface area contributed by atoms with E-state index < -0.39 is 47.3 Å². The van der Waals surface area contributed by atoms with Crippen molar-refractivity contribution in [2.24, 2.45) is 11.8 Å². The molecule has 250 valence electrons. The Balaban J connectivity index is 1.21. The molecular weight excluding hydrogens is 604 g/mol. The lowest BCUT2D eigenvalue weighted by Gasteiger charge is -2.31. The van der Waals surface area contributed by atoms with Gasteiger partial charge in [0.15, 0.2) is 11.6 Å². The fraction of sp³-hybridized carbons (Fsp3) is 0.600. The first-order valence-electron chi connectivity index (χ1n) is 16.1. The number of rotatable bonds is 13. The molecule has 10 heteroatoms. The smallest absolute Gasteiger partial charge is 0.403 e. The second kappa shape index (κ2) is 15.8. The molecule has 0 aromatic heterocycles. The van der Waals surface area contributed by atoms with Gasteiger partial charge in [-0.25, -0.2) is 13.2 Å². The minimum absolute atomic E-state index is 0.0415. The van der Waals surface area contributed by atoms with Crippen LogP contribution in [-0.4, -0.2) is 12.5 Å². The van der Waals surface area contributed by atoms with Crippen molar-refractivity contribution in [1.29, 1.82) is 0 Å². The van der Waals surface area contributed by atoms with E-state index >= 15 is 0 Å². The van der Waals surface area contributed by atoms with Gasteiger partial charge >= 0.3 is 12.5 Å². The lowest BCUT2D eigenvalue weighted by atomic mass is 9.78. The number of allylic oxidation sites excluding steroid dienone is 2. The van der Waals surface area contributed by atoms with Crippen LogP contribution in [0.4, 0.5) is 35.1 Å². The van der Waals surface area contributed by atoms with E-state index in [2.05, 4.69) is 23.8 Å². The Morgan fingerprint density at radius 2 is 1.29 bits per heavy atom. The topological polar surface area (TPSA) is 18.5 Å². The second-order valence-corrected chi connectivity index (χ2v) is 12.5. The van der Waals surface area contributed by atoms with E-state index in [4.69, 9.17) is 4.74 Å². The molecule has 0 spiro atoms. The fourth-order valence-corrected chi connectivity index (χ4v) is 6.59. The molecule has 0 bridgehead atoms. The van der Waals surface area contributed by atoms with Crippen molar-refractivity contribution in [2.75, 3.05) is 0 Å². The van der Waals surface area contributed by atoms with E-state index in [-0.39, 0.29) is 11.8 Å². The maximum Gasteiger partial charge on any atom is 0.573 e. The van der Waals surface area contributed by atoms with Gasteiger partial charge in [-0.05, 0) is 117 Å². The summed E-state index contributed by atoms with van der Waals surface area (Å²) in [4.78, 5) is 0. The van der Waals surface area contributed by atoms with E-state index in [1.807, 2.05) is 0 Å². The van der Waals surface area contributed by atoms with Gasteiger partial charge < -0.3 is 9.47 Å². The normalized spacial score (nSPS) is 23.0. The Morgan fingerprint density at radius 3 is 1.84 bits per heavy atom. The van der Waals surface area contributed by atoms with Gasteiger partial charge in [0.25, 0.3) is 0 Å². The van der Waals surface area contributed by atoms with Gasteiger partial charge in [0, 0.05) is 0 Å². The molecule has 0 aliphatic heterocycles. The number of benzene rings is 2. The summed E-state index contributed by atoms with van der Waals surface area (Å²) in [6.45, 7) is 2.09. The van der Waals surface area contributed by atoms with E-state index in [9.17, 15) is 35.1 Å². The summed E-state index contributed by atoms with van der Waals surface area (Å²) in [7, 11) is 0. The third-order valence-electron chi connectivity index (χ3n) is 9.08. The summed E-state index contributed by atoms with van der Waals surface area (Å²) in [6, 6.07) is 5.59. The average Bonchev–Trinajstić information content (AvgIpc) is 2.97. The zero-order valence-corrected chi connectivity index (χ0v) is 25.6. The maximum atomic E-state index is 14.9. The molecule has 0 atom stereocenters. The zero-order valence-electron chi connectivity index (χ0n) is 25.6. The highest BCUT2D eigenvalue weighted by atomic mass is 19.4. The Bertz CT molecular complexity index is 1240. The number of unbranched alkanes of at least 4 members (excludes halogenated alkanes) is 4. The van der Waals surface area contributed by atoms with Crippen LogP contribution in [0.15, 0.2) is 42.5 Å². The monoisotopic (exact) mass is 646 g/mol. The Kier molecular flexibility index (Phi) is 12.4. The van der Waals surface area contributed by atoms with Gasteiger partial charge in [0.05, 0.1) is 6.10 Å². The van der Waals surface area contributed by atoms with Crippen LogP contribution in [0.25, 0.3) is 0 Å². The highest BCUT2D eigenvalue weighted by Crippen LogP contribution is 2.41. The van der Waals surface area contributed by atoms with Crippen LogP contribution in [0.1, 0.15) is 113 Å². The van der Waals surface area contributed by atoms with Crippen LogP contribution >= 0.6 is 0 Å². The van der Waals surface area contributed by atoms with Crippen LogP contribution in [0.5, 0.6) is 5.75 Å². The Morgan fingerprint density at radius 1 is 0.711 bits per heavy atom. The number of hydrogen-bond donors (Lipinski definition) is 0. The molecule has 45 heavy (non-hydrogen) atoms. The van der Waals surface area contributed by atoms with Crippen LogP contribution in [0.3, 0.4) is 0 Å². The third-order valence-corrected chi connectivity index (χ3v) is 9.08. The van der Waals surface area contributed by atoms with Gasteiger partial charge in [0.2, 0.25) is 0 Å². The molecule has 0 N–H and O–H groups in total. The van der Waals surface area contributed by atoms with Gasteiger partial charge in [-0.3, -0.25) is 0 Å². The SMILES string of the molecule is CCCCCCCc1cc(F)c(C(F)(F)OC2CCC(/C=C/C3CCC(c4ccc(OC(F)(F)F)c(F)c4)CC3)CC2)c(F)c1. The summed E-state index contributed by atoms with van der Waals surface area (Å²) < 4.78 is 119. The molecule has 2 aliphatic rings. The highest BCUT2D eigenvalue weighted by molar-refractivity contribution is 5.32. The van der Waals surface area contributed by atoms with Gasteiger partial charge in [-0.2, -0.15) is 8.78 Å². The molecule has 2 fully saturated rings. The van der Waals surface area contributed by atoms with Gasteiger partial charge in [-0.1, -0.05) is 50.8 Å². The van der Waals surface area contributed by atoms with E-state index in [1.54, 1.807) is 0 Å². The second-order valence-electron chi connectivity index (χ2n) is 12.5. The van der Waals surface area contributed by atoms with Crippen molar-refractivity contribution in [3.63, 3.8) is 0 Å². The molecule has 2 saturated carbocycles. The molecule has 0 saturated heterocycles. The van der Waals surface area contributed by atoms with E-state index in [1.165, 1.54) is 6.07 Å². The fourth-order valence-electron chi connectivity index (χ4n) is 6.59. The molecule has 0 radical (unpaired) electrons. The average molecular weight is 647 g/mol. The van der Waals surface area contributed by atoms with E-state index in [0.29, 0.717) is 49.1 Å². The third kappa shape index (κ3) is 10.4. The number of alkyl halides is 5. The largest absolute Gasteiger partial charge is 0.573 e. The molecule has 2 nitrogen and oxygen atoms in total. The van der Waals surface area contributed by atoms with Crippen molar-refractivity contribution in [2.45, 2.75) is 121 Å². The highest BCUT2D eigenvalue weighted by Gasteiger charge is 2.42. The standard InChI is InChI=1S/C35H42F8O2/c1-2-3-4-5-6-7-25-20-30(37)33(31(38)21-25)34(39,40)44-28-17-12-24(13-18-28)9-8-23-10-14-26(15-11-23)27-16-19-32(29(36)22-27)45-35(41,42)43/h8-9,16,19-24,26,28H,2-7,10-15,17-18H2,1H3/b9-8+. The van der Waals surface area contributed by atoms with Crippen molar-refractivity contribution >= 4 is 0 Å².